The number of hydrogen-bond acceptors (Lipinski definition) is 2. The molecule has 0 aliphatic heterocycles. The van der Waals surface area contributed by atoms with Crippen molar-refractivity contribution in [1.29, 1.82) is 0 Å². The smallest absolute Gasteiger partial charge is 0.141 e. The largest absolute Gasteiger partial charge is 0.496 e. The minimum absolute atomic E-state index is 0.589. The van der Waals surface area contributed by atoms with E-state index in [2.05, 4.69) is 15.9 Å². The molecule has 1 aromatic rings. The maximum atomic E-state index is 6.17. The van der Waals surface area contributed by atoms with E-state index < -0.39 is 0 Å². The van der Waals surface area contributed by atoms with Gasteiger partial charge in [0.05, 0.1) is 19.2 Å². The summed E-state index contributed by atoms with van der Waals surface area (Å²) in [6.07, 6.45) is 1.86. The second kappa shape index (κ2) is 5.42. The lowest BCUT2D eigenvalue weighted by Crippen LogP contribution is -1.94. The van der Waals surface area contributed by atoms with Crippen molar-refractivity contribution in [3.63, 3.8) is 0 Å². The Morgan fingerprint density at radius 3 is 2.33 bits per heavy atom. The zero-order valence-electron chi connectivity index (χ0n) is 8.80. The molecule has 0 radical (unpaired) electrons. The SMILES string of the molecule is COc1cc(OC)c(Cl)c(/C=C/Br)c1C. The van der Waals surface area contributed by atoms with Crippen LogP contribution in [0, 0.1) is 6.92 Å². The van der Waals surface area contributed by atoms with Crippen molar-refractivity contribution < 1.29 is 9.47 Å². The van der Waals surface area contributed by atoms with Gasteiger partial charge in [-0.15, -0.1) is 0 Å². The van der Waals surface area contributed by atoms with Crippen LogP contribution < -0.4 is 9.47 Å². The molecule has 82 valence electrons. The Morgan fingerprint density at radius 2 is 1.87 bits per heavy atom. The number of methoxy groups -OCH3 is 2. The molecule has 0 spiro atoms. The number of benzene rings is 1. The van der Waals surface area contributed by atoms with Gasteiger partial charge < -0.3 is 9.47 Å². The Bertz CT molecular complexity index is 360. The predicted molar refractivity (Wildman–Crippen MR) is 67.3 cm³/mol. The highest BCUT2D eigenvalue weighted by Crippen LogP contribution is 2.37. The van der Waals surface area contributed by atoms with Crippen molar-refractivity contribution in [3.8, 4) is 11.5 Å². The fourth-order valence-corrected chi connectivity index (χ4v) is 1.94. The molecule has 0 aromatic heterocycles. The fourth-order valence-electron chi connectivity index (χ4n) is 1.34. The lowest BCUT2D eigenvalue weighted by Gasteiger charge is -2.13. The van der Waals surface area contributed by atoms with Gasteiger partial charge in [-0.05, 0) is 18.0 Å². The molecule has 0 saturated carbocycles. The molecule has 0 heterocycles. The summed E-state index contributed by atoms with van der Waals surface area (Å²) < 4.78 is 10.4. The van der Waals surface area contributed by atoms with Gasteiger partial charge in [0.25, 0.3) is 0 Å². The summed E-state index contributed by atoms with van der Waals surface area (Å²) in [5, 5.41) is 0.589. The van der Waals surface area contributed by atoms with Crippen LogP contribution in [-0.2, 0) is 0 Å². The topological polar surface area (TPSA) is 18.5 Å². The van der Waals surface area contributed by atoms with Gasteiger partial charge in [0.1, 0.15) is 11.5 Å². The Hall–Kier alpha value is -0.670. The van der Waals surface area contributed by atoms with Crippen molar-refractivity contribution in [1.82, 2.24) is 0 Å². The maximum Gasteiger partial charge on any atom is 0.141 e. The standard InChI is InChI=1S/C11H12BrClO2/c1-7-8(4-5-12)11(13)10(15-3)6-9(7)14-2/h4-6H,1-3H3/b5-4+. The molecule has 0 N–H and O–H groups in total. The minimum atomic E-state index is 0.589. The molecule has 0 amide bonds. The lowest BCUT2D eigenvalue weighted by molar-refractivity contribution is 0.392. The van der Waals surface area contributed by atoms with Gasteiger partial charge in [-0.1, -0.05) is 27.5 Å². The summed E-state index contributed by atoms with van der Waals surface area (Å²) >= 11 is 9.40. The van der Waals surface area contributed by atoms with Crippen LogP contribution in [0.2, 0.25) is 5.02 Å². The van der Waals surface area contributed by atoms with E-state index in [1.54, 1.807) is 25.3 Å². The molecule has 0 aliphatic carbocycles. The average molecular weight is 292 g/mol. The first-order valence-electron chi connectivity index (χ1n) is 4.33. The number of rotatable bonds is 3. The zero-order chi connectivity index (χ0) is 11.4. The van der Waals surface area contributed by atoms with Crippen molar-refractivity contribution in [3.05, 3.63) is 27.2 Å². The van der Waals surface area contributed by atoms with Crippen LogP contribution in [0.5, 0.6) is 11.5 Å². The van der Waals surface area contributed by atoms with Crippen LogP contribution >= 0.6 is 27.5 Å². The Labute approximate surface area is 103 Å². The first kappa shape index (κ1) is 12.4. The Balaban J connectivity index is 3.45. The molecule has 0 fully saturated rings. The van der Waals surface area contributed by atoms with Crippen molar-refractivity contribution >= 4 is 33.6 Å². The maximum absolute atomic E-state index is 6.17. The molecular formula is C11H12BrClO2. The van der Waals surface area contributed by atoms with E-state index >= 15 is 0 Å². The minimum Gasteiger partial charge on any atom is -0.496 e. The first-order chi connectivity index (χ1) is 7.15. The second-order valence-corrected chi connectivity index (χ2v) is 3.83. The van der Waals surface area contributed by atoms with E-state index in [-0.39, 0.29) is 0 Å². The monoisotopic (exact) mass is 290 g/mol. The third-order valence-electron chi connectivity index (χ3n) is 2.16. The third kappa shape index (κ3) is 2.47. The highest BCUT2D eigenvalue weighted by Gasteiger charge is 2.12. The van der Waals surface area contributed by atoms with E-state index in [4.69, 9.17) is 21.1 Å². The van der Waals surface area contributed by atoms with Gasteiger partial charge in [-0.25, -0.2) is 0 Å². The van der Waals surface area contributed by atoms with E-state index in [0.29, 0.717) is 10.8 Å². The molecule has 15 heavy (non-hydrogen) atoms. The van der Waals surface area contributed by atoms with Crippen LogP contribution in [-0.4, -0.2) is 14.2 Å². The van der Waals surface area contributed by atoms with Crippen LogP contribution in [0.3, 0.4) is 0 Å². The Morgan fingerprint density at radius 1 is 1.27 bits per heavy atom. The number of ether oxygens (including phenoxy) is 2. The van der Waals surface area contributed by atoms with Gasteiger partial charge in [-0.2, -0.15) is 0 Å². The highest BCUT2D eigenvalue weighted by atomic mass is 79.9. The van der Waals surface area contributed by atoms with E-state index in [1.807, 2.05) is 13.0 Å². The number of halogens is 2. The lowest BCUT2D eigenvalue weighted by atomic mass is 10.1. The average Bonchev–Trinajstić information content (AvgIpc) is 2.25. The fraction of sp³-hybridized carbons (Fsp3) is 0.273. The predicted octanol–water partition coefficient (Wildman–Crippen LogP) is 4.03. The first-order valence-corrected chi connectivity index (χ1v) is 5.62. The summed E-state index contributed by atoms with van der Waals surface area (Å²) in [4.78, 5) is 1.75. The van der Waals surface area contributed by atoms with Gasteiger partial charge >= 0.3 is 0 Å². The molecule has 1 aromatic carbocycles. The normalized spacial score (nSPS) is 10.7. The summed E-state index contributed by atoms with van der Waals surface area (Å²) in [5.41, 5.74) is 1.88. The van der Waals surface area contributed by atoms with Crippen LogP contribution in [0.15, 0.2) is 11.1 Å². The third-order valence-corrected chi connectivity index (χ3v) is 2.81. The highest BCUT2D eigenvalue weighted by molar-refractivity contribution is 9.11. The summed E-state index contributed by atoms with van der Waals surface area (Å²) in [6, 6.07) is 1.78. The van der Waals surface area contributed by atoms with Crippen molar-refractivity contribution in [2.24, 2.45) is 0 Å². The molecule has 4 heteroatoms. The summed E-state index contributed by atoms with van der Waals surface area (Å²) in [5.74, 6) is 1.37. The van der Waals surface area contributed by atoms with Crippen LogP contribution in [0.1, 0.15) is 11.1 Å². The van der Waals surface area contributed by atoms with Gasteiger partial charge in [0.15, 0.2) is 0 Å². The quantitative estimate of drug-likeness (QED) is 0.837. The van der Waals surface area contributed by atoms with Crippen molar-refractivity contribution in [2.45, 2.75) is 6.92 Å². The molecule has 0 unspecified atom stereocenters. The van der Waals surface area contributed by atoms with Gasteiger partial charge in [-0.3, -0.25) is 0 Å². The molecule has 0 bridgehead atoms. The van der Waals surface area contributed by atoms with Crippen LogP contribution in [0.4, 0.5) is 0 Å². The van der Waals surface area contributed by atoms with E-state index in [0.717, 1.165) is 16.9 Å². The molecule has 2 nitrogen and oxygen atoms in total. The van der Waals surface area contributed by atoms with E-state index in [1.165, 1.54) is 0 Å². The number of hydrogen-bond donors (Lipinski definition) is 0. The Kier molecular flexibility index (Phi) is 4.48. The summed E-state index contributed by atoms with van der Waals surface area (Å²) in [6.45, 7) is 1.95. The molecule has 0 atom stereocenters. The zero-order valence-corrected chi connectivity index (χ0v) is 11.1. The van der Waals surface area contributed by atoms with Gasteiger partial charge in [0, 0.05) is 17.2 Å². The molecular weight excluding hydrogens is 279 g/mol. The molecule has 1 rings (SSSR count). The second-order valence-electron chi connectivity index (χ2n) is 2.93. The molecule has 0 saturated heterocycles. The van der Waals surface area contributed by atoms with Crippen molar-refractivity contribution in [2.75, 3.05) is 14.2 Å². The van der Waals surface area contributed by atoms with E-state index in [9.17, 15) is 0 Å². The van der Waals surface area contributed by atoms with Gasteiger partial charge in [0.2, 0.25) is 0 Å². The summed E-state index contributed by atoms with van der Waals surface area (Å²) in [7, 11) is 3.20. The molecule has 0 aliphatic rings. The van der Waals surface area contributed by atoms with Crippen LogP contribution in [0.25, 0.3) is 6.08 Å².